The minimum atomic E-state index is -4.64. The molecule has 0 bridgehead atoms. The molecule has 1 aromatic heterocycles. The summed E-state index contributed by atoms with van der Waals surface area (Å²) < 4.78 is 99.8. The van der Waals surface area contributed by atoms with Gasteiger partial charge in [0.2, 0.25) is 11.7 Å². The fraction of sp³-hybridized carbons (Fsp3) is 0.634. The number of hydrogen-bond donors (Lipinski definition) is 5. The Labute approximate surface area is 360 Å². The molecule has 15 nitrogen and oxygen atoms in total. The molecule has 0 spiro atoms. The highest BCUT2D eigenvalue weighted by Gasteiger charge is 2.44. The molecule has 63 heavy (non-hydrogen) atoms. The molecule has 2 aliphatic carbocycles. The summed E-state index contributed by atoms with van der Waals surface area (Å²) >= 11 is 0. The van der Waals surface area contributed by atoms with Crippen molar-refractivity contribution in [3.63, 3.8) is 0 Å². The molecule has 0 unspecified atom stereocenters. The van der Waals surface area contributed by atoms with E-state index in [1.165, 1.54) is 10.5 Å². The van der Waals surface area contributed by atoms with Crippen molar-refractivity contribution in [2.24, 2.45) is 34.8 Å². The smallest absolute Gasteiger partial charge is 0.462 e. The van der Waals surface area contributed by atoms with E-state index in [2.05, 4.69) is 42.3 Å². The highest BCUT2D eigenvalue weighted by Crippen LogP contribution is 2.46. The number of alkyl halides is 3. The number of ether oxygens (including phenoxy) is 2. The number of phosphoric acid groups is 1. The van der Waals surface area contributed by atoms with Crippen molar-refractivity contribution in [2.75, 3.05) is 6.54 Å². The van der Waals surface area contributed by atoms with Crippen LogP contribution in [0.2, 0.25) is 0 Å². The summed E-state index contributed by atoms with van der Waals surface area (Å²) in [7, 11) is -4.64. The van der Waals surface area contributed by atoms with Crippen molar-refractivity contribution in [3.05, 3.63) is 70.6 Å². The molecule has 0 radical (unpaired) electrons. The Bertz CT molecular complexity index is 2050. The Morgan fingerprint density at radius 1 is 1.03 bits per heavy atom. The van der Waals surface area contributed by atoms with Crippen LogP contribution in [0.4, 0.5) is 26.3 Å². The molecule has 352 valence electrons. The second kappa shape index (κ2) is 21.2. The third kappa shape index (κ3) is 14.7. The lowest BCUT2D eigenvalue weighted by atomic mass is 9.65. The van der Waals surface area contributed by atoms with E-state index < -0.39 is 60.7 Å². The summed E-state index contributed by atoms with van der Waals surface area (Å²) in [6, 6.07) is 0.184. The first kappa shape index (κ1) is 51.5. The predicted molar refractivity (Wildman–Crippen MR) is 213 cm³/mol. The summed E-state index contributed by atoms with van der Waals surface area (Å²) in [5.41, 5.74) is 6.42. The number of aromatic nitrogens is 3. The first-order valence-corrected chi connectivity index (χ1v) is 22.2. The van der Waals surface area contributed by atoms with Gasteiger partial charge in [0.25, 0.3) is 0 Å². The van der Waals surface area contributed by atoms with Gasteiger partial charge in [-0.1, -0.05) is 39.0 Å². The first-order valence-electron chi connectivity index (χ1n) is 20.6. The third-order valence-corrected chi connectivity index (χ3v) is 11.7. The molecule has 3 heterocycles. The average molecular weight is 924 g/mol. The Balaban J connectivity index is 0.000000250. The largest absolute Gasteiger partial charge is 0.466 e. The maximum atomic E-state index is 13.7. The average Bonchev–Trinajstić information content (AvgIpc) is 3.60. The van der Waals surface area contributed by atoms with Crippen molar-refractivity contribution >= 4 is 25.7 Å². The summed E-state index contributed by atoms with van der Waals surface area (Å²) in [4.78, 5) is 59.8. The van der Waals surface area contributed by atoms with Crippen LogP contribution in [0.3, 0.4) is 0 Å². The lowest BCUT2D eigenvalue weighted by Crippen LogP contribution is -2.43. The van der Waals surface area contributed by atoms with Gasteiger partial charge in [0.1, 0.15) is 18.0 Å². The van der Waals surface area contributed by atoms with Gasteiger partial charge in [-0.25, -0.2) is 17.7 Å². The van der Waals surface area contributed by atoms with Crippen molar-refractivity contribution in [3.8, 4) is 0 Å². The van der Waals surface area contributed by atoms with Crippen molar-refractivity contribution < 1.29 is 74.6 Å². The molecule has 8 atom stereocenters. The van der Waals surface area contributed by atoms with Crippen LogP contribution in [-0.4, -0.2) is 88.2 Å². The number of benzene rings is 1. The van der Waals surface area contributed by atoms with Crippen LogP contribution in [0, 0.1) is 46.5 Å². The summed E-state index contributed by atoms with van der Waals surface area (Å²) in [5, 5.41) is 16.5. The monoisotopic (exact) mass is 923 g/mol. The highest BCUT2D eigenvalue weighted by molar-refractivity contribution is 7.45. The van der Waals surface area contributed by atoms with Crippen LogP contribution in [-0.2, 0) is 54.1 Å². The van der Waals surface area contributed by atoms with E-state index in [0.29, 0.717) is 36.3 Å². The number of aliphatic hydroxyl groups is 1. The Morgan fingerprint density at radius 3 is 2.30 bits per heavy atom. The molecule has 0 saturated carbocycles. The lowest BCUT2D eigenvalue weighted by Gasteiger charge is -2.44. The molecule has 2 aromatic rings. The zero-order valence-corrected chi connectivity index (χ0v) is 36.5. The quantitative estimate of drug-likeness (QED) is 0.0839. The molecule has 6 N–H and O–H groups in total. The standard InChI is InChI=1S/C25H38O5.C16H15F6N5O.H3O4P/c1-6-25(4,5)24(28)30-21-12-15(2)11-17-8-7-16(3)20(23(17)21)10-9-19-13-18(26)14-22(27)29-19;17-10-6-12(19)11(18)4-8(10)3-9(23)5-14(28)26-1-2-27-13(7-26)24-25-15(27)16(20,21)22;1-5(2,3)4/h7-8,11,15-16,18-21,23,26H,6,9-10,12-14H2,1-5H3;4,6,9H,1-3,5,7,23H2;(H3,1,2,3,4)/t15-,16-,18+,19+,20-,21-,23-;9-;/m01./s1. The van der Waals surface area contributed by atoms with Gasteiger partial charge in [-0.15, -0.1) is 10.2 Å². The summed E-state index contributed by atoms with van der Waals surface area (Å²) in [5.74, 6) is -4.37. The maximum absolute atomic E-state index is 13.7. The number of rotatable bonds is 10. The van der Waals surface area contributed by atoms with Crippen molar-refractivity contribution in [1.29, 1.82) is 0 Å². The second-order valence-electron chi connectivity index (χ2n) is 17.2. The van der Waals surface area contributed by atoms with Gasteiger partial charge in [-0.05, 0) is 80.9 Å². The van der Waals surface area contributed by atoms with E-state index in [9.17, 15) is 45.8 Å². The molecule has 1 saturated heterocycles. The Morgan fingerprint density at radius 2 is 1.68 bits per heavy atom. The normalized spacial score (nSPS) is 25.2. The van der Waals surface area contributed by atoms with Gasteiger partial charge in [0.05, 0.1) is 24.5 Å². The topological polar surface area (TPSA) is 228 Å². The maximum Gasteiger partial charge on any atom is 0.466 e. The number of nitrogens with two attached hydrogens (primary N) is 1. The number of cyclic esters (lactones) is 1. The zero-order chi connectivity index (χ0) is 47.2. The number of esters is 2. The van der Waals surface area contributed by atoms with Crippen molar-refractivity contribution in [2.45, 2.75) is 130 Å². The van der Waals surface area contributed by atoms with Crippen LogP contribution in [0.1, 0.15) is 96.8 Å². The Hall–Kier alpha value is -4.14. The summed E-state index contributed by atoms with van der Waals surface area (Å²) in [6.07, 6.45) is 4.51. The lowest BCUT2D eigenvalue weighted by molar-refractivity contribution is -0.166. The van der Waals surface area contributed by atoms with Gasteiger partial charge in [0, 0.05) is 44.0 Å². The molecule has 1 fully saturated rings. The number of halogens is 6. The number of nitrogens with zero attached hydrogens (tertiary/aromatic N) is 4. The van der Waals surface area contributed by atoms with E-state index in [0.717, 1.165) is 30.3 Å². The molecule has 6 rings (SSSR count). The molecular formula is C41H56F6N5O10P. The number of allylic oxidation sites excluding steroid dienone is 3. The summed E-state index contributed by atoms with van der Waals surface area (Å²) in [6.45, 7) is 10.0. The van der Waals surface area contributed by atoms with E-state index >= 15 is 0 Å². The molecule has 1 amide bonds. The number of aliphatic hydroxyl groups excluding tert-OH is 1. The fourth-order valence-corrected chi connectivity index (χ4v) is 8.09. The van der Waals surface area contributed by atoms with E-state index in [1.54, 1.807) is 0 Å². The van der Waals surface area contributed by atoms with Gasteiger partial charge in [-0.2, -0.15) is 13.2 Å². The van der Waals surface area contributed by atoms with Crippen LogP contribution < -0.4 is 5.73 Å². The zero-order valence-electron chi connectivity index (χ0n) is 35.6. The van der Waals surface area contributed by atoms with Crippen LogP contribution in [0.5, 0.6) is 0 Å². The number of hydrogen-bond acceptors (Lipinski definition) is 10. The predicted octanol–water partition coefficient (Wildman–Crippen LogP) is 5.67. The first-order chi connectivity index (χ1) is 29.2. The minimum Gasteiger partial charge on any atom is -0.462 e. The minimum absolute atomic E-state index is 0.000783. The number of fused-ring (bicyclic) bond motifs is 2. The highest BCUT2D eigenvalue weighted by atomic mass is 31.2. The van der Waals surface area contributed by atoms with Crippen LogP contribution >= 0.6 is 7.82 Å². The van der Waals surface area contributed by atoms with Crippen LogP contribution in [0.25, 0.3) is 0 Å². The third-order valence-electron chi connectivity index (χ3n) is 11.7. The van der Waals surface area contributed by atoms with Crippen molar-refractivity contribution in [1.82, 2.24) is 19.7 Å². The van der Waals surface area contributed by atoms with Crippen LogP contribution in [0.15, 0.2) is 35.9 Å². The fourth-order valence-electron chi connectivity index (χ4n) is 8.09. The molecular weight excluding hydrogens is 867 g/mol. The number of amides is 1. The molecule has 4 aliphatic rings. The van der Waals surface area contributed by atoms with E-state index in [4.69, 9.17) is 34.5 Å². The van der Waals surface area contributed by atoms with E-state index in [1.807, 2.05) is 20.8 Å². The van der Waals surface area contributed by atoms with Gasteiger partial charge >= 0.3 is 25.9 Å². The van der Waals surface area contributed by atoms with Gasteiger partial charge < -0.3 is 44.5 Å². The second-order valence-corrected chi connectivity index (χ2v) is 18.2. The molecule has 2 aliphatic heterocycles. The number of carbonyl (C=O) groups excluding carboxylic acids is 3. The van der Waals surface area contributed by atoms with E-state index in [-0.39, 0.29) is 80.3 Å². The molecule has 1 aromatic carbocycles. The SMILES string of the molecule is CCC(C)(C)C(=O)O[C@H]1C[C@@H](C)C=C2C=C[C@H](C)[C@H](CC[C@@H]3C[C@@H](O)CC(=O)O3)[C@H]21.N[C@@H](CC(=O)N1CCn2c(nnc2C(F)(F)F)C1)Cc1cc(F)c(F)cc1F.O=P(O)(O)O. The molecule has 22 heteroatoms. The Kier molecular flexibility index (Phi) is 17.4. The van der Waals surface area contributed by atoms with Gasteiger partial charge in [0.15, 0.2) is 17.5 Å². The van der Waals surface area contributed by atoms with Gasteiger partial charge in [-0.3, -0.25) is 14.4 Å². The number of carbonyl (C=O) groups is 3.